The molecule has 0 atom stereocenters. The first kappa shape index (κ1) is 14.0. The van der Waals surface area contributed by atoms with Crippen LogP contribution in [0.25, 0.3) is 0 Å². The molecule has 0 heterocycles. The van der Waals surface area contributed by atoms with E-state index in [2.05, 4.69) is 6.92 Å². The van der Waals surface area contributed by atoms with Gasteiger partial charge in [-0.25, -0.2) is 0 Å². The fourth-order valence-corrected chi connectivity index (χ4v) is 1.91. The zero-order chi connectivity index (χ0) is 12.0. The van der Waals surface area contributed by atoms with Crippen LogP contribution in [0.1, 0.15) is 32.6 Å². The Morgan fingerprint density at radius 1 is 1.00 bits per heavy atom. The molecule has 0 aliphatic carbocycles. The van der Waals surface area contributed by atoms with Crippen molar-refractivity contribution in [3.8, 4) is 5.75 Å². The van der Waals surface area contributed by atoms with Gasteiger partial charge < -0.3 is 4.74 Å². The third-order valence-electron chi connectivity index (χ3n) is 2.22. The highest BCUT2D eigenvalue weighted by Crippen LogP contribution is 2.34. The van der Waals surface area contributed by atoms with Crippen molar-refractivity contribution >= 4 is 34.8 Å². The van der Waals surface area contributed by atoms with Crippen molar-refractivity contribution in [1.29, 1.82) is 0 Å². The first-order valence-corrected chi connectivity index (χ1v) is 6.56. The van der Waals surface area contributed by atoms with Crippen molar-refractivity contribution in [2.75, 3.05) is 6.61 Å². The molecule has 0 saturated carbocycles. The molecule has 0 bridgehead atoms. The summed E-state index contributed by atoms with van der Waals surface area (Å²) in [4.78, 5) is 0. The normalized spacial score (nSPS) is 10.5. The van der Waals surface area contributed by atoms with Gasteiger partial charge in [0.25, 0.3) is 0 Å². The molecular formula is C12H15Cl3O. The van der Waals surface area contributed by atoms with Crippen LogP contribution >= 0.6 is 34.8 Å². The van der Waals surface area contributed by atoms with Gasteiger partial charge in [0, 0.05) is 12.1 Å². The minimum atomic E-state index is 0.377. The van der Waals surface area contributed by atoms with Crippen LogP contribution in [-0.4, -0.2) is 6.61 Å². The molecule has 0 unspecified atom stereocenters. The molecule has 0 aliphatic heterocycles. The maximum Gasteiger partial charge on any atom is 0.122 e. The molecule has 0 saturated heterocycles. The zero-order valence-electron chi connectivity index (χ0n) is 9.23. The van der Waals surface area contributed by atoms with Crippen LogP contribution in [0.3, 0.4) is 0 Å². The van der Waals surface area contributed by atoms with Crippen LogP contribution in [0, 0.1) is 0 Å². The highest BCUT2D eigenvalue weighted by atomic mass is 35.5. The first-order chi connectivity index (χ1) is 7.65. The van der Waals surface area contributed by atoms with E-state index < -0.39 is 0 Å². The van der Waals surface area contributed by atoms with Crippen molar-refractivity contribution in [2.45, 2.75) is 32.6 Å². The molecule has 4 heteroatoms. The number of ether oxygens (including phenoxy) is 1. The molecule has 1 rings (SSSR count). The molecule has 90 valence electrons. The predicted octanol–water partition coefficient (Wildman–Crippen LogP) is 5.61. The second-order valence-electron chi connectivity index (χ2n) is 3.61. The molecule has 0 aromatic heterocycles. The summed E-state index contributed by atoms with van der Waals surface area (Å²) in [6, 6.07) is 3.38. The Bertz CT molecular complexity index is 316. The number of hydrogen-bond donors (Lipinski definition) is 0. The Kier molecular flexibility index (Phi) is 6.33. The van der Waals surface area contributed by atoms with Crippen molar-refractivity contribution in [3.05, 3.63) is 27.2 Å². The van der Waals surface area contributed by atoms with Gasteiger partial charge >= 0.3 is 0 Å². The number of hydrogen-bond acceptors (Lipinski definition) is 1. The van der Waals surface area contributed by atoms with E-state index >= 15 is 0 Å². The lowest BCUT2D eigenvalue weighted by Crippen LogP contribution is -1.97. The standard InChI is InChI=1S/C12H15Cl3O/c1-2-3-4-5-6-16-9-7-10(13)12(15)11(14)8-9/h7-8H,2-6H2,1H3. The summed E-state index contributed by atoms with van der Waals surface area (Å²) in [5.41, 5.74) is 0. The maximum atomic E-state index is 5.89. The van der Waals surface area contributed by atoms with Crippen LogP contribution in [0.4, 0.5) is 0 Å². The van der Waals surface area contributed by atoms with E-state index in [-0.39, 0.29) is 0 Å². The molecule has 16 heavy (non-hydrogen) atoms. The van der Waals surface area contributed by atoms with E-state index in [1.165, 1.54) is 19.3 Å². The summed E-state index contributed by atoms with van der Waals surface area (Å²) < 4.78 is 5.54. The highest BCUT2D eigenvalue weighted by molar-refractivity contribution is 6.48. The van der Waals surface area contributed by atoms with E-state index in [0.29, 0.717) is 27.4 Å². The molecule has 1 aromatic carbocycles. The number of rotatable bonds is 6. The average Bonchev–Trinajstić information content (AvgIpc) is 2.25. The molecule has 0 fully saturated rings. The van der Waals surface area contributed by atoms with Gasteiger partial charge in [0.2, 0.25) is 0 Å². The molecule has 1 aromatic rings. The van der Waals surface area contributed by atoms with Gasteiger partial charge in [-0.1, -0.05) is 61.0 Å². The van der Waals surface area contributed by atoms with Crippen LogP contribution in [0.2, 0.25) is 15.1 Å². The summed E-state index contributed by atoms with van der Waals surface area (Å²) in [5.74, 6) is 0.677. The van der Waals surface area contributed by atoms with Crippen LogP contribution in [0.5, 0.6) is 5.75 Å². The largest absolute Gasteiger partial charge is 0.493 e. The van der Waals surface area contributed by atoms with Crippen molar-refractivity contribution in [3.63, 3.8) is 0 Å². The zero-order valence-corrected chi connectivity index (χ0v) is 11.5. The third kappa shape index (κ3) is 4.40. The Labute approximate surface area is 112 Å². The van der Waals surface area contributed by atoms with E-state index in [1.807, 2.05) is 0 Å². The summed E-state index contributed by atoms with van der Waals surface area (Å²) in [6.45, 7) is 2.87. The monoisotopic (exact) mass is 280 g/mol. The lowest BCUT2D eigenvalue weighted by atomic mass is 10.2. The smallest absolute Gasteiger partial charge is 0.122 e. The lowest BCUT2D eigenvalue weighted by Gasteiger charge is -2.08. The lowest BCUT2D eigenvalue weighted by molar-refractivity contribution is 0.305. The number of unbranched alkanes of at least 4 members (excludes halogenated alkanes) is 3. The van der Waals surface area contributed by atoms with Crippen LogP contribution in [-0.2, 0) is 0 Å². The number of halogens is 3. The Morgan fingerprint density at radius 3 is 2.19 bits per heavy atom. The van der Waals surface area contributed by atoms with Crippen molar-refractivity contribution < 1.29 is 4.74 Å². The molecular weight excluding hydrogens is 266 g/mol. The van der Waals surface area contributed by atoms with E-state index in [9.17, 15) is 0 Å². The Hall–Kier alpha value is -0.110. The van der Waals surface area contributed by atoms with E-state index in [4.69, 9.17) is 39.5 Å². The molecule has 0 aliphatic rings. The van der Waals surface area contributed by atoms with Crippen LogP contribution in [0.15, 0.2) is 12.1 Å². The Morgan fingerprint density at radius 2 is 1.62 bits per heavy atom. The van der Waals surface area contributed by atoms with Gasteiger partial charge in [-0.2, -0.15) is 0 Å². The quantitative estimate of drug-likeness (QED) is 0.487. The van der Waals surface area contributed by atoms with Gasteiger partial charge in [-0.15, -0.1) is 0 Å². The molecule has 0 N–H and O–H groups in total. The first-order valence-electron chi connectivity index (χ1n) is 5.42. The van der Waals surface area contributed by atoms with Gasteiger partial charge in [0.05, 0.1) is 21.7 Å². The minimum Gasteiger partial charge on any atom is -0.493 e. The van der Waals surface area contributed by atoms with Gasteiger partial charge in [0.1, 0.15) is 5.75 Å². The summed E-state index contributed by atoms with van der Waals surface area (Å²) in [6.07, 6.45) is 4.70. The van der Waals surface area contributed by atoms with Crippen molar-refractivity contribution in [2.24, 2.45) is 0 Å². The third-order valence-corrected chi connectivity index (χ3v) is 3.42. The minimum absolute atomic E-state index is 0.377. The SMILES string of the molecule is CCCCCCOc1cc(Cl)c(Cl)c(Cl)c1. The van der Waals surface area contributed by atoms with Gasteiger partial charge in [-0.05, 0) is 6.42 Å². The summed E-state index contributed by atoms with van der Waals surface area (Å²) in [7, 11) is 0. The van der Waals surface area contributed by atoms with Gasteiger partial charge in [-0.3, -0.25) is 0 Å². The fraction of sp³-hybridized carbons (Fsp3) is 0.500. The second kappa shape index (κ2) is 7.26. The molecule has 0 spiro atoms. The predicted molar refractivity (Wildman–Crippen MR) is 71.1 cm³/mol. The topological polar surface area (TPSA) is 9.23 Å². The molecule has 0 radical (unpaired) electrons. The molecule has 0 amide bonds. The Balaban J connectivity index is 2.43. The van der Waals surface area contributed by atoms with Crippen LogP contribution < -0.4 is 4.74 Å². The summed E-state index contributed by atoms with van der Waals surface area (Å²) >= 11 is 17.6. The molecule has 1 nitrogen and oxygen atoms in total. The van der Waals surface area contributed by atoms with E-state index in [1.54, 1.807) is 12.1 Å². The van der Waals surface area contributed by atoms with Crippen molar-refractivity contribution in [1.82, 2.24) is 0 Å². The maximum absolute atomic E-state index is 5.89. The fourth-order valence-electron chi connectivity index (χ4n) is 1.33. The van der Waals surface area contributed by atoms with Gasteiger partial charge in [0.15, 0.2) is 0 Å². The second-order valence-corrected chi connectivity index (χ2v) is 4.80. The number of benzene rings is 1. The average molecular weight is 282 g/mol. The summed E-state index contributed by atoms with van der Waals surface area (Å²) in [5, 5.41) is 1.23. The highest BCUT2D eigenvalue weighted by Gasteiger charge is 2.06. The van der Waals surface area contributed by atoms with E-state index in [0.717, 1.165) is 6.42 Å².